The second-order valence-corrected chi connectivity index (χ2v) is 3.23. The monoisotopic (exact) mass is 243 g/mol. The topological polar surface area (TPSA) is 101 Å². The molecule has 0 aliphatic carbocycles. The molecule has 6 nitrogen and oxygen atoms in total. The van der Waals surface area contributed by atoms with Gasteiger partial charge in [0, 0.05) is 17.2 Å². The molecule has 0 heterocycles. The number of carbonyl (C=O) groups is 1. The number of nitrogens with zero attached hydrogens (tertiary/aromatic N) is 1. The molecule has 0 atom stereocenters. The Balaban J connectivity index is 3.31. The molecule has 0 saturated heterocycles. The van der Waals surface area contributed by atoms with E-state index in [1.54, 1.807) is 0 Å². The van der Waals surface area contributed by atoms with Crippen LogP contribution in [0.15, 0.2) is 24.0 Å². The van der Waals surface area contributed by atoms with E-state index in [2.05, 4.69) is 0 Å². The maximum atomic E-state index is 10.6. The Labute approximate surface area is 94.5 Å². The van der Waals surface area contributed by atoms with Gasteiger partial charge in [-0.3, -0.25) is 10.1 Å². The van der Waals surface area contributed by atoms with Gasteiger partial charge in [-0.05, 0) is 12.1 Å². The van der Waals surface area contributed by atoms with Crippen molar-refractivity contribution in [3.8, 4) is 0 Å². The van der Waals surface area contributed by atoms with E-state index < -0.39 is 16.7 Å². The third-order valence-corrected chi connectivity index (χ3v) is 1.93. The summed E-state index contributed by atoms with van der Waals surface area (Å²) < 4.78 is 0. The van der Waals surface area contributed by atoms with Crippen molar-refractivity contribution in [2.45, 2.75) is 0 Å². The molecule has 0 radical (unpaired) electrons. The third kappa shape index (κ3) is 2.71. The summed E-state index contributed by atoms with van der Waals surface area (Å²) in [6.45, 7) is 0. The predicted molar refractivity (Wildman–Crippen MR) is 56.3 cm³/mol. The first-order valence-corrected chi connectivity index (χ1v) is 4.37. The Bertz CT molecular complexity index is 483. The van der Waals surface area contributed by atoms with E-state index in [4.69, 9.17) is 21.8 Å². The number of aliphatic hydroxyl groups is 1. The second-order valence-electron chi connectivity index (χ2n) is 2.79. The molecule has 0 amide bonds. The molecule has 0 aliphatic rings. The van der Waals surface area contributed by atoms with Crippen LogP contribution >= 0.6 is 11.6 Å². The quantitative estimate of drug-likeness (QED) is 0.367. The van der Waals surface area contributed by atoms with Gasteiger partial charge in [0.15, 0.2) is 0 Å². The van der Waals surface area contributed by atoms with Crippen LogP contribution in [0.4, 0.5) is 5.69 Å². The van der Waals surface area contributed by atoms with Crippen LogP contribution < -0.4 is 0 Å². The molecule has 0 saturated carbocycles. The number of carboxylic acids is 1. The lowest BCUT2D eigenvalue weighted by atomic mass is 10.1. The van der Waals surface area contributed by atoms with Gasteiger partial charge in [0.1, 0.15) is 0 Å². The third-order valence-electron chi connectivity index (χ3n) is 1.70. The van der Waals surface area contributed by atoms with Gasteiger partial charge in [-0.2, -0.15) is 0 Å². The molecule has 0 aromatic heterocycles. The van der Waals surface area contributed by atoms with Crippen LogP contribution in [0.3, 0.4) is 0 Å². The molecular formula is C9H6ClNO5. The number of hydrogen-bond donors (Lipinski definition) is 2. The molecule has 84 valence electrons. The summed E-state index contributed by atoms with van der Waals surface area (Å²) in [7, 11) is 0. The average Bonchev–Trinajstić information content (AvgIpc) is 2.16. The normalized spacial score (nSPS) is 11.2. The first-order chi connectivity index (χ1) is 7.41. The molecule has 1 aromatic rings. The molecule has 7 heteroatoms. The Morgan fingerprint density at radius 2 is 2.06 bits per heavy atom. The number of hydrogen-bond acceptors (Lipinski definition) is 4. The van der Waals surface area contributed by atoms with Crippen LogP contribution in [0.2, 0.25) is 5.02 Å². The van der Waals surface area contributed by atoms with Gasteiger partial charge >= 0.3 is 5.97 Å². The van der Waals surface area contributed by atoms with Crippen molar-refractivity contribution in [2.75, 3.05) is 0 Å². The van der Waals surface area contributed by atoms with Crippen LogP contribution in [0, 0.1) is 10.1 Å². The van der Waals surface area contributed by atoms with Crippen LogP contribution in [0.25, 0.3) is 6.08 Å². The van der Waals surface area contributed by atoms with Gasteiger partial charge in [0.2, 0.25) is 5.76 Å². The fourth-order valence-corrected chi connectivity index (χ4v) is 1.20. The number of aliphatic carboxylic acids is 1. The van der Waals surface area contributed by atoms with Crippen LogP contribution in [-0.2, 0) is 4.79 Å². The van der Waals surface area contributed by atoms with Crippen molar-refractivity contribution in [1.82, 2.24) is 0 Å². The fraction of sp³-hybridized carbons (Fsp3) is 0. The summed E-state index contributed by atoms with van der Waals surface area (Å²) in [5.41, 5.74) is -0.408. The zero-order chi connectivity index (χ0) is 12.3. The second kappa shape index (κ2) is 4.63. The Kier molecular flexibility index (Phi) is 3.47. The van der Waals surface area contributed by atoms with Crippen molar-refractivity contribution in [3.05, 3.63) is 44.7 Å². The molecule has 0 bridgehead atoms. The van der Waals surface area contributed by atoms with Gasteiger partial charge in [-0.25, -0.2) is 4.79 Å². The van der Waals surface area contributed by atoms with E-state index in [9.17, 15) is 14.9 Å². The van der Waals surface area contributed by atoms with Crippen molar-refractivity contribution >= 4 is 29.3 Å². The summed E-state index contributed by atoms with van der Waals surface area (Å²) in [4.78, 5) is 20.2. The average molecular weight is 244 g/mol. The lowest BCUT2D eigenvalue weighted by molar-refractivity contribution is -0.385. The molecule has 0 unspecified atom stereocenters. The number of carboxylic acid groups (broad SMARTS) is 1. The molecule has 16 heavy (non-hydrogen) atoms. The molecule has 0 spiro atoms. The highest BCUT2D eigenvalue weighted by atomic mass is 35.5. The first-order valence-electron chi connectivity index (χ1n) is 3.99. The number of benzene rings is 1. The maximum Gasteiger partial charge on any atom is 0.370 e. The molecular weight excluding hydrogens is 238 g/mol. The van der Waals surface area contributed by atoms with Crippen molar-refractivity contribution in [2.24, 2.45) is 0 Å². The molecule has 0 fully saturated rings. The molecule has 1 aromatic carbocycles. The van der Waals surface area contributed by atoms with E-state index in [-0.39, 0.29) is 16.3 Å². The van der Waals surface area contributed by atoms with Gasteiger partial charge in [-0.15, -0.1) is 0 Å². The van der Waals surface area contributed by atoms with Gasteiger partial charge in [-0.1, -0.05) is 11.6 Å². The summed E-state index contributed by atoms with van der Waals surface area (Å²) in [6.07, 6.45) is 0.770. The number of rotatable bonds is 3. The lowest BCUT2D eigenvalue weighted by Crippen LogP contribution is -1.99. The smallest absolute Gasteiger partial charge is 0.370 e. The van der Waals surface area contributed by atoms with Crippen LogP contribution in [0.5, 0.6) is 0 Å². The van der Waals surface area contributed by atoms with Crippen LogP contribution in [-0.4, -0.2) is 21.1 Å². The van der Waals surface area contributed by atoms with Gasteiger partial charge in [0.25, 0.3) is 5.69 Å². The lowest BCUT2D eigenvalue weighted by Gasteiger charge is -1.98. The summed E-state index contributed by atoms with van der Waals surface area (Å²) in [5.74, 6) is -2.57. The van der Waals surface area contributed by atoms with E-state index in [1.165, 1.54) is 12.1 Å². The van der Waals surface area contributed by atoms with Crippen LogP contribution in [0.1, 0.15) is 5.56 Å². The number of aliphatic hydroxyl groups excluding tert-OH is 1. The Morgan fingerprint density at radius 1 is 1.44 bits per heavy atom. The van der Waals surface area contributed by atoms with E-state index in [1.807, 2.05) is 0 Å². The molecule has 2 N–H and O–H groups in total. The zero-order valence-corrected chi connectivity index (χ0v) is 8.51. The summed E-state index contributed by atoms with van der Waals surface area (Å²) in [5, 5.41) is 28.2. The van der Waals surface area contributed by atoms with E-state index in [0.29, 0.717) is 0 Å². The van der Waals surface area contributed by atoms with Gasteiger partial charge < -0.3 is 10.2 Å². The van der Waals surface area contributed by atoms with E-state index in [0.717, 1.165) is 12.1 Å². The summed E-state index contributed by atoms with van der Waals surface area (Å²) >= 11 is 5.60. The Hall–Kier alpha value is -2.08. The predicted octanol–water partition coefficient (Wildman–Crippen LogP) is 2.23. The highest BCUT2D eigenvalue weighted by molar-refractivity contribution is 6.30. The number of nitro benzene ring substituents is 1. The van der Waals surface area contributed by atoms with Crippen molar-refractivity contribution < 1.29 is 19.9 Å². The highest BCUT2D eigenvalue weighted by Gasteiger charge is 2.14. The Morgan fingerprint density at radius 3 is 2.56 bits per heavy atom. The minimum absolute atomic E-state index is 0.0719. The number of nitro groups is 1. The summed E-state index contributed by atoms with van der Waals surface area (Å²) in [6, 6.07) is 3.62. The molecule has 1 rings (SSSR count). The number of halogens is 1. The minimum Gasteiger partial charge on any atom is -0.502 e. The van der Waals surface area contributed by atoms with Crippen molar-refractivity contribution in [3.63, 3.8) is 0 Å². The van der Waals surface area contributed by atoms with Crippen molar-refractivity contribution in [1.29, 1.82) is 0 Å². The zero-order valence-electron chi connectivity index (χ0n) is 7.75. The standard InChI is InChI=1S/C9H6ClNO5/c10-6-1-2-7(11(15)16)5(3-6)4-8(12)9(13)14/h1-4,12H,(H,13,14). The highest BCUT2D eigenvalue weighted by Crippen LogP contribution is 2.24. The SMILES string of the molecule is O=C(O)C(O)=Cc1cc(Cl)ccc1[N+](=O)[O-]. The molecule has 0 aliphatic heterocycles. The van der Waals surface area contributed by atoms with E-state index >= 15 is 0 Å². The maximum absolute atomic E-state index is 10.6. The minimum atomic E-state index is -1.57. The van der Waals surface area contributed by atoms with Gasteiger partial charge in [0.05, 0.1) is 10.5 Å². The largest absolute Gasteiger partial charge is 0.502 e. The first kappa shape index (κ1) is 12.0. The fourth-order valence-electron chi connectivity index (χ4n) is 1.02.